The zero-order chi connectivity index (χ0) is 19.2. The van der Waals surface area contributed by atoms with E-state index in [9.17, 15) is 4.79 Å². The molecule has 2 aromatic carbocycles. The van der Waals surface area contributed by atoms with E-state index in [1.54, 1.807) is 0 Å². The summed E-state index contributed by atoms with van der Waals surface area (Å²) < 4.78 is 6.29. The fraction of sp³-hybridized carbons (Fsp3) is 0.211. The Labute approximate surface area is 171 Å². The Morgan fingerprint density at radius 2 is 2.00 bits per heavy atom. The van der Waals surface area contributed by atoms with Gasteiger partial charge in [-0.25, -0.2) is 0 Å². The van der Waals surface area contributed by atoms with Crippen LogP contribution in [0.3, 0.4) is 0 Å². The summed E-state index contributed by atoms with van der Waals surface area (Å²) in [5.74, 6) is 1.09. The minimum atomic E-state index is -0.271. The van der Waals surface area contributed by atoms with E-state index in [0.29, 0.717) is 16.6 Å². The van der Waals surface area contributed by atoms with E-state index in [0.717, 1.165) is 20.5 Å². The number of ether oxygens (including phenoxy) is 1. The van der Waals surface area contributed by atoms with Gasteiger partial charge in [-0.2, -0.15) is 0 Å². The number of amides is 1. The van der Waals surface area contributed by atoms with Crippen molar-refractivity contribution in [2.24, 2.45) is 0 Å². The average Bonchev–Trinajstić information content (AvgIpc) is 3.09. The molecule has 0 unspecified atom stereocenters. The number of aromatic nitrogens is 2. The smallest absolute Gasteiger partial charge is 0.264 e. The molecule has 1 heterocycles. The van der Waals surface area contributed by atoms with Crippen molar-refractivity contribution in [3.8, 4) is 5.75 Å². The molecule has 0 saturated heterocycles. The Kier molecular flexibility index (Phi) is 6.71. The third-order valence-corrected chi connectivity index (χ3v) is 6.20. The van der Waals surface area contributed by atoms with E-state index < -0.39 is 0 Å². The SMILES string of the molecule is Cc1ccc(OCC(=O)Nc2nnc(SCc3ccccc3Cl)s2)cc1C. The van der Waals surface area contributed by atoms with Crippen molar-refractivity contribution in [2.75, 3.05) is 11.9 Å². The van der Waals surface area contributed by atoms with Crippen LogP contribution in [0.25, 0.3) is 0 Å². The van der Waals surface area contributed by atoms with E-state index in [2.05, 4.69) is 15.5 Å². The Balaban J connectivity index is 1.48. The van der Waals surface area contributed by atoms with Gasteiger partial charge in [0.25, 0.3) is 5.91 Å². The Morgan fingerprint density at radius 3 is 2.78 bits per heavy atom. The minimum absolute atomic E-state index is 0.0792. The van der Waals surface area contributed by atoms with Gasteiger partial charge in [-0.05, 0) is 48.7 Å². The van der Waals surface area contributed by atoms with Gasteiger partial charge in [-0.1, -0.05) is 59.0 Å². The van der Waals surface area contributed by atoms with Gasteiger partial charge in [0.05, 0.1) is 0 Å². The second-order valence-corrected chi connectivity index (χ2v) is 8.44. The van der Waals surface area contributed by atoms with Crippen LogP contribution in [0.4, 0.5) is 5.13 Å². The molecule has 3 rings (SSSR count). The first-order valence-corrected chi connectivity index (χ1v) is 10.4. The first-order chi connectivity index (χ1) is 13.0. The Bertz CT molecular complexity index is 946. The van der Waals surface area contributed by atoms with Gasteiger partial charge >= 0.3 is 0 Å². The number of benzene rings is 2. The molecule has 1 amide bonds. The molecule has 0 bridgehead atoms. The van der Waals surface area contributed by atoms with Crippen molar-refractivity contribution in [2.45, 2.75) is 23.9 Å². The van der Waals surface area contributed by atoms with E-state index in [1.807, 2.05) is 56.3 Å². The van der Waals surface area contributed by atoms with Crippen LogP contribution in [0, 0.1) is 13.8 Å². The third-order valence-electron chi connectivity index (χ3n) is 3.81. The monoisotopic (exact) mass is 419 g/mol. The molecule has 140 valence electrons. The van der Waals surface area contributed by atoms with Crippen LogP contribution in [0.5, 0.6) is 5.75 Å². The summed E-state index contributed by atoms with van der Waals surface area (Å²) >= 11 is 9.00. The largest absolute Gasteiger partial charge is 0.484 e. The summed E-state index contributed by atoms with van der Waals surface area (Å²) in [6, 6.07) is 13.4. The topological polar surface area (TPSA) is 64.1 Å². The summed E-state index contributed by atoms with van der Waals surface area (Å²) in [5.41, 5.74) is 3.34. The number of nitrogens with zero attached hydrogens (tertiary/aromatic N) is 2. The Hall–Kier alpha value is -2.09. The number of carbonyl (C=O) groups excluding carboxylic acids is 1. The van der Waals surface area contributed by atoms with Crippen molar-refractivity contribution in [3.63, 3.8) is 0 Å². The Morgan fingerprint density at radius 1 is 1.19 bits per heavy atom. The molecule has 5 nitrogen and oxygen atoms in total. The van der Waals surface area contributed by atoms with E-state index in [-0.39, 0.29) is 12.5 Å². The molecule has 27 heavy (non-hydrogen) atoms. The fourth-order valence-electron chi connectivity index (χ4n) is 2.18. The maximum atomic E-state index is 12.0. The maximum Gasteiger partial charge on any atom is 0.264 e. The van der Waals surface area contributed by atoms with Crippen molar-refractivity contribution >= 4 is 45.7 Å². The van der Waals surface area contributed by atoms with E-state index in [4.69, 9.17) is 16.3 Å². The summed E-state index contributed by atoms with van der Waals surface area (Å²) in [6.07, 6.45) is 0. The lowest BCUT2D eigenvalue weighted by molar-refractivity contribution is -0.118. The van der Waals surface area contributed by atoms with Crippen LogP contribution < -0.4 is 10.1 Å². The first-order valence-electron chi connectivity index (χ1n) is 8.21. The highest BCUT2D eigenvalue weighted by molar-refractivity contribution is 8.00. The number of thioether (sulfide) groups is 1. The fourth-order valence-corrected chi connectivity index (χ4v) is 4.24. The molecule has 0 radical (unpaired) electrons. The summed E-state index contributed by atoms with van der Waals surface area (Å²) in [4.78, 5) is 12.0. The summed E-state index contributed by atoms with van der Waals surface area (Å²) in [6.45, 7) is 3.96. The van der Waals surface area contributed by atoms with Crippen LogP contribution in [0.2, 0.25) is 5.02 Å². The van der Waals surface area contributed by atoms with Gasteiger partial charge in [-0.15, -0.1) is 10.2 Å². The lowest BCUT2D eigenvalue weighted by Crippen LogP contribution is -2.20. The number of halogens is 1. The highest BCUT2D eigenvalue weighted by Gasteiger charge is 2.10. The van der Waals surface area contributed by atoms with Crippen LogP contribution in [-0.2, 0) is 10.5 Å². The predicted octanol–water partition coefficient (Wildman–Crippen LogP) is 5.12. The van der Waals surface area contributed by atoms with Gasteiger partial charge < -0.3 is 4.74 Å². The number of aryl methyl sites for hydroxylation is 2. The molecule has 0 aliphatic rings. The van der Waals surface area contributed by atoms with Crippen molar-refractivity contribution in [3.05, 3.63) is 64.2 Å². The molecule has 0 aliphatic carbocycles. The average molecular weight is 420 g/mol. The zero-order valence-electron chi connectivity index (χ0n) is 14.9. The molecule has 3 aromatic rings. The molecule has 0 saturated carbocycles. The number of nitrogens with one attached hydrogen (secondary N) is 1. The number of hydrogen-bond acceptors (Lipinski definition) is 6. The quantitative estimate of drug-likeness (QED) is 0.425. The molecule has 8 heteroatoms. The zero-order valence-corrected chi connectivity index (χ0v) is 17.2. The number of carbonyl (C=O) groups is 1. The molecular formula is C19H18ClN3O2S2. The van der Waals surface area contributed by atoms with Gasteiger partial charge in [0, 0.05) is 10.8 Å². The highest BCUT2D eigenvalue weighted by Crippen LogP contribution is 2.30. The van der Waals surface area contributed by atoms with Crippen LogP contribution in [0.15, 0.2) is 46.8 Å². The molecule has 0 fully saturated rings. The summed E-state index contributed by atoms with van der Waals surface area (Å²) in [7, 11) is 0. The summed E-state index contributed by atoms with van der Waals surface area (Å²) in [5, 5.41) is 12.0. The van der Waals surface area contributed by atoms with Crippen LogP contribution in [0.1, 0.15) is 16.7 Å². The molecular weight excluding hydrogens is 402 g/mol. The second kappa shape index (κ2) is 9.21. The van der Waals surface area contributed by atoms with E-state index >= 15 is 0 Å². The lowest BCUT2D eigenvalue weighted by atomic mass is 10.1. The standard InChI is InChI=1S/C19H18ClN3O2S2/c1-12-7-8-15(9-13(12)2)25-10-17(24)21-18-22-23-19(27-18)26-11-14-5-3-4-6-16(14)20/h3-9H,10-11H2,1-2H3,(H,21,22,24). The van der Waals surface area contributed by atoms with E-state index in [1.165, 1.54) is 28.7 Å². The van der Waals surface area contributed by atoms with Crippen LogP contribution >= 0.6 is 34.7 Å². The molecule has 0 aliphatic heterocycles. The van der Waals surface area contributed by atoms with Crippen molar-refractivity contribution in [1.82, 2.24) is 10.2 Å². The molecule has 0 spiro atoms. The van der Waals surface area contributed by atoms with Gasteiger partial charge in [-0.3, -0.25) is 10.1 Å². The van der Waals surface area contributed by atoms with Crippen molar-refractivity contribution in [1.29, 1.82) is 0 Å². The second-order valence-electron chi connectivity index (χ2n) is 5.84. The molecule has 1 aromatic heterocycles. The van der Waals surface area contributed by atoms with Gasteiger partial charge in [0.1, 0.15) is 5.75 Å². The van der Waals surface area contributed by atoms with Gasteiger partial charge in [0.2, 0.25) is 5.13 Å². The first kappa shape index (κ1) is 19.7. The van der Waals surface area contributed by atoms with Gasteiger partial charge in [0.15, 0.2) is 10.9 Å². The lowest BCUT2D eigenvalue weighted by Gasteiger charge is -2.07. The number of anilines is 1. The minimum Gasteiger partial charge on any atom is -0.484 e. The molecule has 1 N–H and O–H groups in total. The normalized spacial score (nSPS) is 10.6. The predicted molar refractivity (Wildman–Crippen MR) is 111 cm³/mol. The maximum absolute atomic E-state index is 12.0. The highest BCUT2D eigenvalue weighted by atomic mass is 35.5. The number of hydrogen-bond donors (Lipinski definition) is 1. The number of rotatable bonds is 7. The molecule has 0 atom stereocenters. The van der Waals surface area contributed by atoms with Crippen LogP contribution in [-0.4, -0.2) is 22.7 Å². The van der Waals surface area contributed by atoms with Crippen molar-refractivity contribution < 1.29 is 9.53 Å². The third kappa shape index (κ3) is 5.69.